The SMILES string of the molecule is CC1CC1C(=O)N(CCCN)C1CCCC1. The first-order chi connectivity index (χ1) is 7.74. The maximum Gasteiger partial charge on any atom is 0.226 e. The number of carbonyl (C=O) groups is 1. The molecule has 92 valence electrons. The smallest absolute Gasteiger partial charge is 0.226 e. The average Bonchev–Trinajstić information content (AvgIpc) is 2.80. The van der Waals surface area contributed by atoms with Crippen LogP contribution < -0.4 is 5.73 Å². The second-order valence-electron chi connectivity index (χ2n) is 5.43. The maximum atomic E-state index is 12.3. The molecule has 3 heteroatoms. The van der Waals surface area contributed by atoms with Crippen molar-refractivity contribution in [2.24, 2.45) is 17.6 Å². The number of hydrogen-bond donors (Lipinski definition) is 1. The molecular weight excluding hydrogens is 200 g/mol. The minimum absolute atomic E-state index is 0.332. The minimum atomic E-state index is 0.332. The van der Waals surface area contributed by atoms with Crippen LogP contribution in [-0.4, -0.2) is 29.9 Å². The highest BCUT2D eigenvalue weighted by molar-refractivity contribution is 5.82. The number of carbonyl (C=O) groups excluding carboxylic acids is 1. The van der Waals surface area contributed by atoms with Crippen LogP contribution >= 0.6 is 0 Å². The fraction of sp³-hybridized carbons (Fsp3) is 0.923. The first-order valence-electron chi connectivity index (χ1n) is 6.74. The molecule has 0 saturated heterocycles. The van der Waals surface area contributed by atoms with Gasteiger partial charge in [0, 0.05) is 18.5 Å². The van der Waals surface area contributed by atoms with E-state index in [9.17, 15) is 4.79 Å². The predicted octanol–water partition coefficient (Wildman–Crippen LogP) is 1.76. The Morgan fingerprint density at radius 3 is 2.50 bits per heavy atom. The summed E-state index contributed by atoms with van der Waals surface area (Å²) in [5, 5.41) is 0. The van der Waals surface area contributed by atoms with E-state index < -0.39 is 0 Å². The van der Waals surface area contributed by atoms with Crippen molar-refractivity contribution in [2.45, 2.75) is 51.5 Å². The fourth-order valence-corrected chi connectivity index (χ4v) is 2.83. The quantitative estimate of drug-likeness (QED) is 0.773. The van der Waals surface area contributed by atoms with Crippen molar-refractivity contribution in [3.63, 3.8) is 0 Å². The zero-order valence-corrected chi connectivity index (χ0v) is 10.3. The molecule has 2 aliphatic carbocycles. The van der Waals surface area contributed by atoms with Gasteiger partial charge >= 0.3 is 0 Å². The predicted molar refractivity (Wildman–Crippen MR) is 64.9 cm³/mol. The number of nitrogens with zero attached hydrogens (tertiary/aromatic N) is 1. The van der Waals surface area contributed by atoms with Crippen molar-refractivity contribution in [3.8, 4) is 0 Å². The Morgan fingerprint density at radius 1 is 1.38 bits per heavy atom. The van der Waals surface area contributed by atoms with E-state index in [4.69, 9.17) is 5.73 Å². The van der Waals surface area contributed by atoms with Crippen LogP contribution in [0.3, 0.4) is 0 Å². The Kier molecular flexibility index (Phi) is 3.85. The van der Waals surface area contributed by atoms with Crippen LogP contribution in [0.25, 0.3) is 0 Å². The lowest BCUT2D eigenvalue weighted by Gasteiger charge is -2.29. The van der Waals surface area contributed by atoms with Crippen molar-refractivity contribution < 1.29 is 4.79 Å². The number of hydrogen-bond acceptors (Lipinski definition) is 2. The molecule has 2 unspecified atom stereocenters. The first kappa shape index (κ1) is 11.9. The molecule has 0 aliphatic heterocycles. The third-order valence-corrected chi connectivity index (χ3v) is 4.08. The summed E-state index contributed by atoms with van der Waals surface area (Å²) in [6.45, 7) is 3.75. The molecule has 0 radical (unpaired) electrons. The standard InChI is InChI=1S/C13H24N2O/c1-10-9-12(10)13(16)15(8-4-7-14)11-5-2-3-6-11/h10-12H,2-9,14H2,1H3. The first-order valence-corrected chi connectivity index (χ1v) is 6.74. The highest BCUT2D eigenvalue weighted by Crippen LogP contribution is 2.40. The van der Waals surface area contributed by atoms with Gasteiger partial charge in [0.25, 0.3) is 0 Å². The molecule has 0 aromatic rings. The van der Waals surface area contributed by atoms with Gasteiger partial charge in [0.2, 0.25) is 5.91 Å². The summed E-state index contributed by atoms with van der Waals surface area (Å²) in [6.07, 6.45) is 7.04. The maximum absolute atomic E-state index is 12.3. The Hall–Kier alpha value is -0.570. The molecule has 2 saturated carbocycles. The van der Waals surface area contributed by atoms with E-state index >= 15 is 0 Å². The molecular formula is C13H24N2O. The van der Waals surface area contributed by atoms with Crippen LogP contribution in [0.4, 0.5) is 0 Å². The van der Waals surface area contributed by atoms with Gasteiger partial charge in [-0.1, -0.05) is 19.8 Å². The van der Waals surface area contributed by atoms with Gasteiger partial charge in [0.1, 0.15) is 0 Å². The van der Waals surface area contributed by atoms with Gasteiger partial charge in [-0.05, 0) is 38.1 Å². The van der Waals surface area contributed by atoms with Crippen LogP contribution in [0, 0.1) is 11.8 Å². The lowest BCUT2D eigenvalue weighted by molar-refractivity contribution is -0.135. The van der Waals surface area contributed by atoms with Crippen LogP contribution in [0.15, 0.2) is 0 Å². The number of nitrogens with two attached hydrogens (primary N) is 1. The van der Waals surface area contributed by atoms with E-state index in [0.717, 1.165) is 19.4 Å². The third-order valence-electron chi connectivity index (χ3n) is 4.08. The monoisotopic (exact) mass is 224 g/mol. The van der Waals surface area contributed by atoms with Gasteiger partial charge in [-0.2, -0.15) is 0 Å². The second kappa shape index (κ2) is 5.17. The largest absolute Gasteiger partial charge is 0.339 e. The van der Waals surface area contributed by atoms with Gasteiger partial charge in [0.15, 0.2) is 0 Å². The molecule has 3 nitrogen and oxygen atoms in total. The van der Waals surface area contributed by atoms with Crippen LogP contribution in [0.5, 0.6) is 0 Å². The van der Waals surface area contributed by atoms with E-state index in [1.165, 1.54) is 25.7 Å². The molecule has 0 heterocycles. The summed E-state index contributed by atoms with van der Waals surface area (Å²) in [7, 11) is 0. The summed E-state index contributed by atoms with van der Waals surface area (Å²) < 4.78 is 0. The van der Waals surface area contributed by atoms with Crippen LogP contribution in [0.1, 0.15) is 45.4 Å². The summed E-state index contributed by atoms with van der Waals surface area (Å²) in [6, 6.07) is 0.520. The topological polar surface area (TPSA) is 46.3 Å². The molecule has 0 bridgehead atoms. The lowest BCUT2D eigenvalue weighted by atomic mass is 10.1. The molecule has 2 N–H and O–H groups in total. The number of amides is 1. The summed E-state index contributed by atoms with van der Waals surface area (Å²) in [5.41, 5.74) is 5.56. The van der Waals surface area contributed by atoms with Gasteiger partial charge in [-0.15, -0.1) is 0 Å². The van der Waals surface area contributed by atoms with Gasteiger partial charge in [-0.3, -0.25) is 4.79 Å². The van der Waals surface area contributed by atoms with Crippen molar-refractivity contribution in [1.82, 2.24) is 4.90 Å². The van der Waals surface area contributed by atoms with E-state index in [2.05, 4.69) is 11.8 Å². The summed E-state index contributed by atoms with van der Waals surface area (Å²) in [4.78, 5) is 14.4. The summed E-state index contributed by atoms with van der Waals surface area (Å²) in [5.74, 6) is 1.36. The van der Waals surface area contributed by atoms with Crippen LogP contribution in [0.2, 0.25) is 0 Å². The Bertz CT molecular complexity index is 248. The lowest BCUT2D eigenvalue weighted by Crippen LogP contribution is -2.41. The molecule has 2 atom stereocenters. The molecule has 2 aliphatic rings. The van der Waals surface area contributed by atoms with Crippen molar-refractivity contribution in [2.75, 3.05) is 13.1 Å². The van der Waals surface area contributed by atoms with E-state index in [1.54, 1.807) is 0 Å². The Balaban J connectivity index is 1.92. The second-order valence-corrected chi connectivity index (χ2v) is 5.43. The number of rotatable bonds is 5. The van der Waals surface area contributed by atoms with E-state index in [1.807, 2.05) is 0 Å². The molecule has 0 aromatic heterocycles. The van der Waals surface area contributed by atoms with Crippen molar-refractivity contribution in [1.29, 1.82) is 0 Å². The van der Waals surface area contributed by atoms with Gasteiger partial charge in [0.05, 0.1) is 0 Å². The Labute approximate surface area is 98.4 Å². The highest BCUT2D eigenvalue weighted by Gasteiger charge is 2.43. The normalized spacial score (nSPS) is 29.4. The van der Waals surface area contributed by atoms with Crippen molar-refractivity contribution >= 4 is 5.91 Å². The van der Waals surface area contributed by atoms with E-state index in [0.29, 0.717) is 30.3 Å². The average molecular weight is 224 g/mol. The van der Waals surface area contributed by atoms with Crippen molar-refractivity contribution in [3.05, 3.63) is 0 Å². The van der Waals surface area contributed by atoms with E-state index in [-0.39, 0.29) is 0 Å². The molecule has 0 spiro atoms. The zero-order chi connectivity index (χ0) is 11.5. The molecule has 1 amide bonds. The highest BCUT2D eigenvalue weighted by atomic mass is 16.2. The fourth-order valence-electron chi connectivity index (χ4n) is 2.83. The molecule has 2 rings (SSSR count). The molecule has 2 fully saturated rings. The summed E-state index contributed by atoms with van der Waals surface area (Å²) >= 11 is 0. The van der Waals surface area contributed by atoms with Gasteiger partial charge in [-0.25, -0.2) is 0 Å². The van der Waals surface area contributed by atoms with Gasteiger partial charge < -0.3 is 10.6 Å². The van der Waals surface area contributed by atoms with Crippen LogP contribution in [-0.2, 0) is 4.79 Å². The third kappa shape index (κ3) is 2.57. The zero-order valence-electron chi connectivity index (χ0n) is 10.3. The Morgan fingerprint density at radius 2 is 2.00 bits per heavy atom. The molecule has 0 aromatic carbocycles. The molecule has 16 heavy (non-hydrogen) atoms. The minimum Gasteiger partial charge on any atom is -0.339 e.